The second-order valence-electron chi connectivity index (χ2n) is 5.47. The number of nitrogens with one attached hydrogen (secondary N) is 2. The van der Waals surface area contributed by atoms with Crippen LogP contribution in [0, 0.1) is 0 Å². The van der Waals surface area contributed by atoms with E-state index in [4.69, 9.17) is 5.11 Å². The number of amides is 2. The van der Waals surface area contributed by atoms with Crippen LogP contribution in [0.4, 0.5) is 0 Å². The molecular weight excluding hydrogens is 400 g/mol. The molecule has 0 aromatic heterocycles. The molecule has 0 aliphatic rings. The normalized spacial score (nSPS) is 12.2. The molecule has 0 fully saturated rings. The van der Waals surface area contributed by atoms with E-state index in [9.17, 15) is 14.4 Å². The molecule has 7 heteroatoms. The van der Waals surface area contributed by atoms with Crippen LogP contribution in [0.3, 0.4) is 0 Å². The molecule has 1 unspecified atom stereocenters. The monoisotopic (exact) mass is 416 g/mol. The highest BCUT2D eigenvalue weighted by Crippen LogP contribution is 2.12. The van der Waals surface area contributed by atoms with E-state index in [0.717, 1.165) is 4.47 Å². The molecule has 2 aromatic carbocycles. The lowest BCUT2D eigenvalue weighted by molar-refractivity contribution is -0.140. The van der Waals surface area contributed by atoms with E-state index >= 15 is 0 Å². The molecule has 0 bridgehead atoms. The quantitative estimate of drug-likeness (QED) is 0.630. The van der Waals surface area contributed by atoms with Crippen molar-refractivity contribution in [3.8, 4) is 0 Å². The number of carboxylic acids is 1. The molecule has 0 aliphatic heterocycles. The van der Waals surface area contributed by atoms with Crippen LogP contribution >= 0.6 is 15.9 Å². The van der Waals surface area contributed by atoms with Gasteiger partial charge in [-0.25, -0.2) is 0 Å². The number of carboxylic acid groups (broad SMARTS) is 1. The van der Waals surface area contributed by atoms with E-state index in [2.05, 4.69) is 26.6 Å². The Morgan fingerprint density at radius 3 is 2.38 bits per heavy atom. The molecule has 0 spiro atoms. The molecule has 3 N–H and O–H groups in total. The Morgan fingerprint density at radius 1 is 1.08 bits per heavy atom. The fourth-order valence-corrected chi connectivity index (χ4v) is 2.43. The minimum Gasteiger partial charge on any atom is -0.480 e. The molecule has 0 aliphatic carbocycles. The topological polar surface area (TPSA) is 95.5 Å². The molecule has 2 aromatic rings. The number of hydrogen-bond donors (Lipinski definition) is 3. The van der Waals surface area contributed by atoms with Crippen molar-refractivity contribution >= 4 is 39.8 Å². The predicted octanol–water partition coefficient (Wildman–Crippen LogP) is 2.81. The van der Waals surface area contributed by atoms with Crippen LogP contribution in [0.5, 0.6) is 0 Å². The number of halogens is 1. The van der Waals surface area contributed by atoms with Crippen molar-refractivity contribution in [3.05, 3.63) is 75.9 Å². The Bertz CT molecular complexity index is 850. The van der Waals surface area contributed by atoms with Crippen LogP contribution in [-0.4, -0.2) is 28.9 Å². The van der Waals surface area contributed by atoms with Crippen molar-refractivity contribution < 1.29 is 19.5 Å². The zero-order chi connectivity index (χ0) is 19.1. The van der Waals surface area contributed by atoms with Gasteiger partial charge in [0.25, 0.3) is 11.8 Å². The number of carbonyl (C=O) groups excluding carboxylic acids is 2. The minimum atomic E-state index is -1.17. The molecule has 2 rings (SSSR count). The maximum Gasteiger partial charge on any atom is 0.325 e. The first-order valence-corrected chi connectivity index (χ1v) is 8.53. The Balaban J connectivity index is 2.28. The number of rotatable bonds is 6. The Kier molecular flexibility index (Phi) is 6.68. The van der Waals surface area contributed by atoms with Crippen LogP contribution in [0.2, 0.25) is 0 Å². The van der Waals surface area contributed by atoms with Crippen LogP contribution in [0.1, 0.15) is 22.8 Å². The number of carbonyl (C=O) groups is 3. The molecule has 6 nitrogen and oxygen atoms in total. The third-order valence-electron chi connectivity index (χ3n) is 3.41. The highest BCUT2D eigenvalue weighted by atomic mass is 79.9. The second kappa shape index (κ2) is 8.96. The van der Waals surface area contributed by atoms with Gasteiger partial charge in [0.05, 0.1) is 0 Å². The molecular formula is C19H17BrN2O4. The summed E-state index contributed by atoms with van der Waals surface area (Å²) in [5.41, 5.74) is 1.00. The van der Waals surface area contributed by atoms with Gasteiger partial charge in [0, 0.05) is 10.0 Å². The number of hydrogen-bond acceptors (Lipinski definition) is 3. The van der Waals surface area contributed by atoms with Crippen LogP contribution in [0.25, 0.3) is 6.08 Å². The van der Waals surface area contributed by atoms with Gasteiger partial charge in [-0.3, -0.25) is 14.4 Å². The minimum absolute atomic E-state index is 0.0470. The largest absolute Gasteiger partial charge is 0.480 e. The molecule has 1 atom stereocenters. The van der Waals surface area contributed by atoms with Crippen molar-refractivity contribution in [1.29, 1.82) is 0 Å². The third kappa shape index (κ3) is 5.56. The summed E-state index contributed by atoms with van der Waals surface area (Å²) >= 11 is 3.29. The number of aliphatic carboxylic acids is 1. The van der Waals surface area contributed by atoms with Crippen molar-refractivity contribution in [2.45, 2.75) is 13.0 Å². The van der Waals surface area contributed by atoms with Gasteiger partial charge in [-0.05, 0) is 36.8 Å². The van der Waals surface area contributed by atoms with Gasteiger partial charge in [-0.15, -0.1) is 0 Å². The maximum atomic E-state index is 12.5. The Labute approximate surface area is 159 Å². The average Bonchev–Trinajstić information content (AvgIpc) is 2.61. The molecule has 0 heterocycles. The van der Waals surface area contributed by atoms with Crippen molar-refractivity contribution in [1.82, 2.24) is 10.6 Å². The molecule has 0 saturated carbocycles. The fraction of sp³-hybridized carbons (Fsp3) is 0.105. The van der Waals surface area contributed by atoms with E-state index in [-0.39, 0.29) is 5.70 Å². The zero-order valence-electron chi connectivity index (χ0n) is 13.9. The van der Waals surface area contributed by atoms with Crippen molar-refractivity contribution in [3.63, 3.8) is 0 Å². The smallest absolute Gasteiger partial charge is 0.325 e. The van der Waals surface area contributed by atoms with E-state index in [1.54, 1.807) is 48.5 Å². The van der Waals surface area contributed by atoms with E-state index in [0.29, 0.717) is 11.1 Å². The molecule has 0 radical (unpaired) electrons. The summed E-state index contributed by atoms with van der Waals surface area (Å²) in [4.78, 5) is 35.9. The zero-order valence-corrected chi connectivity index (χ0v) is 15.5. The van der Waals surface area contributed by atoms with Gasteiger partial charge in [-0.2, -0.15) is 0 Å². The first-order valence-electron chi connectivity index (χ1n) is 7.74. The Morgan fingerprint density at radius 2 is 1.77 bits per heavy atom. The summed E-state index contributed by atoms with van der Waals surface area (Å²) in [5, 5.41) is 13.9. The van der Waals surface area contributed by atoms with Gasteiger partial charge in [0.15, 0.2) is 0 Å². The van der Waals surface area contributed by atoms with Gasteiger partial charge >= 0.3 is 5.97 Å². The summed E-state index contributed by atoms with van der Waals surface area (Å²) in [7, 11) is 0. The lowest BCUT2D eigenvalue weighted by Gasteiger charge is -2.13. The van der Waals surface area contributed by atoms with Crippen LogP contribution in [-0.2, 0) is 9.59 Å². The van der Waals surface area contributed by atoms with Gasteiger partial charge < -0.3 is 15.7 Å². The summed E-state index contributed by atoms with van der Waals surface area (Å²) in [6.07, 6.45) is 1.49. The first kappa shape index (κ1) is 19.4. The SMILES string of the molecule is CC(NC(=O)/C(=C/c1ccccc1)NC(=O)c1cccc(Br)c1)C(=O)O. The molecule has 0 saturated heterocycles. The summed E-state index contributed by atoms with van der Waals surface area (Å²) in [6.45, 7) is 1.34. The van der Waals surface area contributed by atoms with Gasteiger partial charge in [-0.1, -0.05) is 52.3 Å². The predicted molar refractivity (Wildman–Crippen MR) is 101 cm³/mol. The van der Waals surface area contributed by atoms with Crippen LogP contribution in [0.15, 0.2) is 64.8 Å². The van der Waals surface area contributed by atoms with E-state index in [1.165, 1.54) is 13.0 Å². The molecule has 2 amide bonds. The highest BCUT2D eigenvalue weighted by Gasteiger charge is 2.19. The first-order chi connectivity index (χ1) is 12.4. The second-order valence-corrected chi connectivity index (χ2v) is 6.38. The molecule has 134 valence electrons. The highest BCUT2D eigenvalue weighted by molar-refractivity contribution is 9.10. The van der Waals surface area contributed by atoms with Gasteiger partial charge in [0.2, 0.25) is 0 Å². The number of benzene rings is 2. The summed E-state index contributed by atoms with van der Waals surface area (Å²) < 4.78 is 0.725. The molecule has 26 heavy (non-hydrogen) atoms. The summed E-state index contributed by atoms with van der Waals surface area (Å²) in [6, 6.07) is 14.5. The lowest BCUT2D eigenvalue weighted by Crippen LogP contribution is -2.42. The fourth-order valence-electron chi connectivity index (χ4n) is 2.03. The lowest BCUT2D eigenvalue weighted by atomic mass is 10.1. The maximum absolute atomic E-state index is 12.5. The van der Waals surface area contributed by atoms with E-state index in [1.807, 2.05) is 6.07 Å². The average molecular weight is 417 g/mol. The standard InChI is InChI=1S/C19H17BrN2O4/c1-12(19(25)26)21-18(24)16(10-13-6-3-2-4-7-13)22-17(23)14-8-5-9-15(20)11-14/h2-12H,1H3,(H,21,24)(H,22,23)(H,25,26)/b16-10-. The Hall–Kier alpha value is -2.93. The van der Waals surface area contributed by atoms with E-state index < -0.39 is 23.8 Å². The van der Waals surface area contributed by atoms with Crippen LogP contribution < -0.4 is 10.6 Å². The van der Waals surface area contributed by atoms with Crippen molar-refractivity contribution in [2.24, 2.45) is 0 Å². The van der Waals surface area contributed by atoms with Crippen molar-refractivity contribution in [2.75, 3.05) is 0 Å². The van der Waals surface area contributed by atoms with Gasteiger partial charge in [0.1, 0.15) is 11.7 Å². The third-order valence-corrected chi connectivity index (χ3v) is 3.90. The summed E-state index contributed by atoms with van der Waals surface area (Å²) in [5.74, 6) is -2.34.